The van der Waals surface area contributed by atoms with Crippen LogP contribution in [0.2, 0.25) is 0 Å². The number of nitrogens with two attached hydrogens (primary N) is 1. The average molecular weight is 265 g/mol. The van der Waals surface area contributed by atoms with E-state index in [-0.39, 0.29) is 18.1 Å². The van der Waals surface area contributed by atoms with Crippen molar-refractivity contribution in [2.45, 2.75) is 6.36 Å². The van der Waals surface area contributed by atoms with Crippen molar-refractivity contribution in [2.75, 3.05) is 13.9 Å². The molecule has 1 aromatic carbocycles. The van der Waals surface area contributed by atoms with E-state index in [0.29, 0.717) is 0 Å². The highest BCUT2D eigenvalue weighted by atomic mass is 19.4. The van der Waals surface area contributed by atoms with Gasteiger partial charge < -0.3 is 19.9 Å². The summed E-state index contributed by atoms with van der Waals surface area (Å²) in [6.45, 7) is -0.240. The van der Waals surface area contributed by atoms with Gasteiger partial charge in [-0.05, 0) is 12.1 Å². The molecule has 5 nitrogen and oxygen atoms in total. The molecule has 1 amide bonds. The second-order valence-corrected chi connectivity index (χ2v) is 3.12. The summed E-state index contributed by atoms with van der Waals surface area (Å²) in [6, 6.07) is 2.95. The maximum absolute atomic E-state index is 12.0. The van der Waals surface area contributed by atoms with Gasteiger partial charge in [-0.1, -0.05) is 0 Å². The number of benzene rings is 1. The van der Waals surface area contributed by atoms with Gasteiger partial charge in [0.1, 0.15) is 11.5 Å². The van der Waals surface area contributed by atoms with Crippen LogP contribution in [0.3, 0.4) is 0 Å². The van der Waals surface area contributed by atoms with Gasteiger partial charge in [0.2, 0.25) is 0 Å². The summed E-state index contributed by atoms with van der Waals surface area (Å²) in [5.41, 5.74) is 4.97. The van der Waals surface area contributed by atoms with Crippen molar-refractivity contribution in [3.63, 3.8) is 0 Å². The maximum Gasteiger partial charge on any atom is 0.573 e. The molecule has 1 rings (SSSR count). The zero-order chi connectivity index (χ0) is 13.8. The monoisotopic (exact) mass is 265 g/mol. The second kappa shape index (κ2) is 5.58. The Labute approximate surface area is 100 Å². The first-order chi connectivity index (χ1) is 8.33. The lowest BCUT2D eigenvalue weighted by molar-refractivity contribution is -0.274. The largest absolute Gasteiger partial charge is 0.573 e. The van der Waals surface area contributed by atoms with E-state index >= 15 is 0 Å². The molecule has 1 aromatic rings. The third-order valence-corrected chi connectivity index (χ3v) is 1.78. The molecule has 100 valence electrons. The van der Waals surface area contributed by atoms with Crippen LogP contribution >= 0.6 is 0 Å². The number of rotatable bonds is 5. The number of hydrogen-bond donors (Lipinski definition) is 1. The van der Waals surface area contributed by atoms with Gasteiger partial charge in [-0.25, -0.2) is 0 Å². The van der Waals surface area contributed by atoms with Crippen molar-refractivity contribution < 1.29 is 32.2 Å². The molecule has 0 saturated carbocycles. The predicted octanol–water partition coefficient (Wildman–Crippen LogP) is 1.67. The Morgan fingerprint density at radius 1 is 1.39 bits per heavy atom. The zero-order valence-electron chi connectivity index (χ0n) is 9.28. The van der Waals surface area contributed by atoms with Crippen LogP contribution in [-0.2, 0) is 4.74 Å². The van der Waals surface area contributed by atoms with Gasteiger partial charge in [-0.3, -0.25) is 4.79 Å². The molecule has 8 heteroatoms. The fourth-order valence-electron chi connectivity index (χ4n) is 1.15. The van der Waals surface area contributed by atoms with E-state index < -0.39 is 18.0 Å². The highest BCUT2D eigenvalue weighted by molar-refractivity contribution is 5.95. The third-order valence-electron chi connectivity index (χ3n) is 1.78. The molecule has 0 heterocycles. The van der Waals surface area contributed by atoms with E-state index in [1.54, 1.807) is 0 Å². The van der Waals surface area contributed by atoms with Gasteiger partial charge in [0, 0.05) is 13.2 Å². The molecular formula is C10H10F3NO4. The van der Waals surface area contributed by atoms with Crippen molar-refractivity contribution in [1.82, 2.24) is 0 Å². The Bertz CT molecular complexity index is 434. The van der Waals surface area contributed by atoms with Crippen molar-refractivity contribution in [3.8, 4) is 11.5 Å². The molecule has 0 aliphatic rings. The summed E-state index contributed by atoms with van der Waals surface area (Å²) in [4.78, 5) is 11.0. The molecule has 0 unspecified atom stereocenters. The number of hydrogen-bond acceptors (Lipinski definition) is 4. The van der Waals surface area contributed by atoms with Crippen LogP contribution < -0.4 is 15.2 Å². The van der Waals surface area contributed by atoms with E-state index in [0.717, 1.165) is 18.2 Å². The van der Waals surface area contributed by atoms with E-state index in [9.17, 15) is 18.0 Å². The highest BCUT2D eigenvalue weighted by Gasteiger charge is 2.31. The van der Waals surface area contributed by atoms with Gasteiger partial charge in [0.05, 0.1) is 5.56 Å². The summed E-state index contributed by atoms with van der Waals surface area (Å²) in [6.07, 6.45) is -4.83. The number of ether oxygens (including phenoxy) is 3. The van der Waals surface area contributed by atoms with Crippen LogP contribution in [0.1, 0.15) is 10.4 Å². The molecular weight excluding hydrogens is 255 g/mol. The van der Waals surface area contributed by atoms with E-state index in [4.69, 9.17) is 10.5 Å². The predicted molar refractivity (Wildman–Crippen MR) is 54.1 cm³/mol. The number of primary amides is 1. The van der Waals surface area contributed by atoms with Gasteiger partial charge >= 0.3 is 6.36 Å². The summed E-state index contributed by atoms with van der Waals surface area (Å²) in [5, 5.41) is 0. The van der Waals surface area contributed by atoms with Crippen molar-refractivity contribution in [2.24, 2.45) is 5.73 Å². The van der Waals surface area contributed by atoms with Crippen molar-refractivity contribution >= 4 is 5.91 Å². The normalized spacial score (nSPS) is 11.1. The standard InChI is InChI=1S/C10H10F3NO4/c1-16-5-17-8-4-6(18-10(11,12)13)2-3-7(8)9(14)15/h2-4H,5H2,1H3,(H2,14,15). The molecule has 0 radical (unpaired) electrons. The first-order valence-electron chi connectivity index (χ1n) is 4.65. The number of amides is 1. The lowest BCUT2D eigenvalue weighted by Crippen LogP contribution is -2.18. The molecule has 0 saturated heterocycles. The molecule has 18 heavy (non-hydrogen) atoms. The Kier molecular flexibility index (Phi) is 4.38. The first-order valence-corrected chi connectivity index (χ1v) is 4.65. The van der Waals surface area contributed by atoms with Gasteiger partial charge in [0.25, 0.3) is 5.91 Å². The highest BCUT2D eigenvalue weighted by Crippen LogP contribution is 2.29. The topological polar surface area (TPSA) is 70.8 Å². The van der Waals surface area contributed by atoms with Gasteiger partial charge in [-0.2, -0.15) is 0 Å². The first kappa shape index (κ1) is 14.1. The third kappa shape index (κ3) is 4.13. The van der Waals surface area contributed by atoms with Crippen LogP contribution in [0.25, 0.3) is 0 Å². The number of alkyl halides is 3. The SMILES string of the molecule is COCOc1cc(OC(F)(F)F)ccc1C(N)=O. The fourth-order valence-corrected chi connectivity index (χ4v) is 1.15. The number of halogens is 3. The lowest BCUT2D eigenvalue weighted by Gasteiger charge is -2.12. The van der Waals surface area contributed by atoms with E-state index in [1.807, 2.05) is 0 Å². The van der Waals surface area contributed by atoms with E-state index in [1.165, 1.54) is 7.11 Å². The minimum atomic E-state index is -4.83. The quantitative estimate of drug-likeness (QED) is 0.822. The Balaban J connectivity index is 3.01. The molecule has 2 N–H and O–H groups in total. The zero-order valence-corrected chi connectivity index (χ0v) is 9.28. The van der Waals surface area contributed by atoms with Gasteiger partial charge in [-0.15, -0.1) is 13.2 Å². The summed E-state index contributed by atoms with van der Waals surface area (Å²) in [5.74, 6) is -1.50. The maximum atomic E-state index is 12.0. The molecule has 0 fully saturated rings. The number of carbonyl (C=O) groups is 1. The lowest BCUT2D eigenvalue weighted by atomic mass is 10.2. The second-order valence-electron chi connectivity index (χ2n) is 3.12. The van der Waals surface area contributed by atoms with Crippen molar-refractivity contribution in [3.05, 3.63) is 23.8 Å². The molecule has 0 atom stereocenters. The summed E-state index contributed by atoms with van der Waals surface area (Å²) < 4.78 is 49.2. The fraction of sp³-hybridized carbons (Fsp3) is 0.300. The minimum absolute atomic E-state index is 0.0680. The minimum Gasteiger partial charge on any atom is -0.467 e. The smallest absolute Gasteiger partial charge is 0.467 e. The Morgan fingerprint density at radius 2 is 2.06 bits per heavy atom. The Hall–Kier alpha value is -1.96. The van der Waals surface area contributed by atoms with Crippen LogP contribution in [0.15, 0.2) is 18.2 Å². The van der Waals surface area contributed by atoms with Crippen LogP contribution in [0, 0.1) is 0 Å². The molecule has 0 aromatic heterocycles. The summed E-state index contributed by atoms with van der Waals surface area (Å²) in [7, 11) is 1.32. The van der Waals surface area contributed by atoms with Crippen molar-refractivity contribution in [1.29, 1.82) is 0 Å². The van der Waals surface area contributed by atoms with E-state index in [2.05, 4.69) is 9.47 Å². The molecule has 0 aliphatic heterocycles. The average Bonchev–Trinajstić information content (AvgIpc) is 2.23. The van der Waals surface area contributed by atoms with Crippen LogP contribution in [0.5, 0.6) is 11.5 Å². The molecule has 0 aliphatic carbocycles. The molecule has 0 spiro atoms. The van der Waals surface area contributed by atoms with Gasteiger partial charge in [0.15, 0.2) is 6.79 Å². The molecule has 0 bridgehead atoms. The van der Waals surface area contributed by atoms with Crippen LogP contribution in [0.4, 0.5) is 13.2 Å². The van der Waals surface area contributed by atoms with Crippen LogP contribution in [-0.4, -0.2) is 26.2 Å². The number of carbonyl (C=O) groups excluding carboxylic acids is 1. The summed E-state index contributed by atoms with van der Waals surface area (Å²) >= 11 is 0. The Morgan fingerprint density at radius 3 is 2.56 bits per heavy atom. The number of methoxy groups -OCH3 is 1.